The highest BCUT2D eigenvalue weighted by Crippen LogP contribution is 2.31. The summed E-state index contributed by atoms with van der Waals surface area (Å²) in [7, 11) is -4.05. The SMILES string of the molecule is Cc1ccc(NC(=O)Nc2cccc(C(F)(F)F)c2)cc1S(=O)(=O)Nc1ccc(-c2nn[nH]n2)cc1. The van der Waals surface area contributed by atoms with E-state index in [0.29, 0.717) is 17.0 Å². The number of aromatic amines is 1. The second kappa shape index (κ2) is 9.65. The number of benzene rings is 3. The fourth-order valence-corrected chi connectivity index (χ4v) is 4.55. The lowest BCUT2D eigenvalue weighted by Crippen LogP contribution is -2.20. The fourth-order valence-electron chi connectivity index (χ4n) is 3.22. The van der Waals surface area contributed by atoms with Crippen LogP contribution in [0.3, 0.4) is 0 Å². The molecule has 0 saturated carbocycles. The number of nitrogens with one attached hydrogen (secondary N) is 4. The van der Waals surface area contributed by atoms with Crippen molar-refractivity contribution in [3.05, 3.63) is 77.9 Å². The number of aromatic nitrogens is 4. The third-order valence-corrected chi connectivity index (χ3v) is 6.45. The number of nitrogens with zero attached hydrogens (tertiary/aromatic N) is 3. The molecule has 0 unspecified atom stereocenters. The molecule has 3 aromatic carbocycles. The molecule has 0 bridgehead atoms. The number of carbonyl (C=O) groups is 1. The predicted octanol–water partition coefficient (Wildman–Crippen LogP) is 4.64. The summed E-state index contributed by atoms with van der Waals surface area (Å²) in [6.07, 6.45) is -4.56. The number of hydrogen-bond donors (Lipinski definition) is 4. The zero-order valence-electron chi connectivity index (χ0n) is 18.5. The molecule has 14 heteroatoms. The van der Waals surface area contributed by atoms with Gasteiger partial charge in [-0.05, 0) is 72.3 Å². The maximum atomic E-state index is 13.0. The van der Waals surface area contributed by atoms with E-state index in [4.69, 9.17) is 0 Å². The van der Waals surface area contributed by atoms with Crippen LogP contribution in [0.5, 0.6) is 0 Å². The van der Waals surface area contributed by atoms with Gasteiger partial charge in [0, 0.05) is 22.6 Å². The van der Waals surface area contributed by atoms with E-state index in [9.17, 15) is 26.4 Å². The zero-order valence-corrected chi connectivity index (χ0v) is 19.3. The molecule has 4 rings (SSSR count). The molecule has 0 fully saturated rings. The third-order valence-electron chi connectivity index (χ3n) is 4.92. The van der Waals surface area contributed by atoms with E-state index in [-0.39, 0.29) is 22.0 Å². The monoisotopic (exact) mass is 517 g/mol. The number of amides is 2. The zero-order chi connectivity index (χ0) is 25.9. The first-order chi connectivity index (χ1) is 17.0. The number of sulfonamides is 1. The van der Waals surface area contributed by atoms with Crippen LogP contribution in [-0.2, 0) is 16.2 Å². The highest BCUT2D eigenvalue weighted by Gasteiger charge is 2.30. The van der Waals surface area contributed by atoms with Crippen LogP contribution in [0, 0.1) is 6.92 Å². The third kappa shape index (κ3) is 5.78. The standard InChI is InChI=1S/C22H18F3N7O3S/c1-13-5-8-18(27-21(33)26-17-4-2-3-15(11-17)22(23,24)25)12-19(13)36(34,35)30-16-9-6-14(7-10-16)20-28-31-32-29-20/h2-12,30H,1H3,(H2,26,27,33)(H,28,29,31,32). The van der Waals surface area contributed by atoms with Crippen LogP contribution >= 0.6 is 0 Å². The van der Waals surface area contributed by atoms with Gasteiger partial charge in [0.1, 0.15) is 0 Å². The number of aryl methyl sites for hydroxylation is 1. The van der Waals surface area contributed by atoms with Gasteiger partial charge in [-0.1, -0.05) is 12.1 Å². The molecular formula is C22H18F3N7O3S. The van der Waals surface area contributed by atoms with E-state index in [1.807, 2.05) is 0 Å². The van der Waals surface area contributed by atoms with Crippen LogP contribution in [0.4, 0.5) is 35.0 Å². The average Bonchev–Trinajstić information content (AvgIpc) is 3.35. The second-order valence-electron chi connectivity index (χ2n) is 7.56. The van der Waals surface area contributed by atoms with Gasteiger partial charge in [0.2, 0.25) is 5.82 Å². The number of anilines is 3. The quantitative estimate of drug-likeness (QED) is 0.294. The summed E-state index contributed by atoms with van der Waals surface area (Å²) in [5, 5.41) is 18.2. The summed E-state index contributed by atoms with van der Waals surface area (Å²) >= 11 is 0. The summed E-state index contributed by atoms with van der Waals surface area (Å²) in [4.78, 5) is 12.2. The van der Waals surface area contributed by atoms with Gasteiger partial charge < -0.3 is 10.6 Å². The molecule has 0 aliphatic carbocycles. The summed E-state index contributed by atoms with van der Waals surface area (Å²) in [5.41, 5.74) is 0.449. The van der Waals surface area contributed by atoms with E-state index < -0.39 is 27.8 Å². The molecule has 186 valence electrons. The molecule has 4 aromatic rings. The molecule has 0 atom stereocenters. The van der Waals surface area contributed by atoms with Crippen LogP contribution in [0.25, 0.3) is 11.4 Å². The molecule has 36 heavy (non-hydrogen) atoms. The number of rotatable bonds is 6. The minimum atomic E-state index is -4.56. The van der Waals surface area contributed by atoms with Crippen molar-refractivity contribution in [2.75, 3.05) is 15.4 Å². The molecule has 0 radical (unpaired) electrons. The first-order valence-corrected chi connectivity index (χ1v) is 11.7. The number of H-pyrrole nitrogens is 1. The van der Waals surface area contributed by atoms with Crippen LogP contribution in [-0.4, -0.2) is 35.1 Å². The van der Waals surface area contributed by atoms with Crippen molar-refractivity contribution in [2.45, 2.75) is 18.0 Å². The summed E-state index contributed by atoms with van der Waals surface area (Å²) in [5.74, 6) is 0.349. The van der Waals surface area contributed by atoms with Crippen molar-refractivity contribution in [1.82, 2.24) is 20.6 Å². The Balaban J connectivity index is 1.48. The second-order valence-corrected chi connectivity index (χ2v) is 9.21. The largest absolute Gasteiger partial charge is 0.416 e. The maximum Gasteiger partial charge on any atom is 0.416 e. The number of hydrogen-bond acceptors (Lipinski definition) is 6. The number of alkyl halides is 3. The molecule has 0 saturated heterocycles. The summed E-state index contributed by atoms with van der Waals surface area (Å²) < 4.78 is 67.1. The van der Waals surface area contributed by atoms with Gasteiger partial charge in [-0.25, -0.2) is 13.2 Å². The van der Waals surface area contributed by atoms with Crippen LogP contribution in [0.1, 0.15) is 11.1 Å². The first kappa shape index (κ1) is 24.7. The smallest absolute Gasteiger partial charge is 0.308 e. The summed E-state index contributed by atoms with van der Waals surface area (Å²) in [6, 6.07) is 13.8. The van der Waals surface area contributed by atoms with Crippen LogP contribution < -0.4 is 15.4 Å². The van der Waals surface area contributed by atoms with Gasteiger partial charge in [0.15, 0.2) is 0 Å². The Morgan fingerprint density at radius 1 is 0.917 bits per heavy atom. The Kier molecular flexibility index (Phi) is 6.61. The van der Waals surface area contributed by atoms with E-state index >= 15 is 0 Å². The Labute approximate surface area is 203 Å². The van der Waals surface area contributed by atoms with Crippen LogP contribution in [0.15, 0.2) is 71.6 Å². The van der Waals surface area contributed by atoms with Crippen molar-refractivity contribution in [3.8, 4) is 11.4 Å². The number of tetrazole rings is 1. The Bertz CT molecular complexity index is 1490. The fraction of sp³-hybridized carbons (Fsp3) is 0.0909. The molecule has 0 aliphatic rings. The lowest BCUT2D eigenvalue weighted by atomic mass is 10.2. The molecule has 1 heterocycles. The normalized spacial score (nSPS) is 11.7. The molecular weight excluding hydrogens is 499 g/mol. The Hall–Kier alpha value is -4.46. The Morgan fingerprint density at radius 2 is 1.58 bits per heavy atom. The number of halogens is 3. The predicted molar refractivity (Wildman–Crippen MR) is 126 cm³/mol. The molecule has 2 amide bonds. The van der Waals surface area contributed by atoms with E-state index in [2.05, 4.69) is 36.0 Å². The van der Waals surface area contributed by atoms with Crippen molar-refractivity contribution >= 4 is 33.1 Å². The van der Waals surface area contributed by atoms with Crippen molar-refractivity contribution < 1.29 is 26.4 Å². The van der Waals surface area contributed by atoms with Crippen LogP contribution in [0.2, 0.25) is 0 Å². The van der Waals surface area contributed by atoms with E-state index in [1.54, 1.807) is 19.1 Å². The van der Waals surface area contributed by atoms with E-state index in [0.717, 1.165) is 18.2 Å². The summed E-state index contributed by atoms with van der Waals surface area (Å²) in [6.45, 7) is 1.58. The van der Waals surface area contributed by atoms with Crippen molar-refractivity contribution in [3.63, 3.8) is 0 Å². The molecule has 0 spiro atoms. The van der Waals surface area contributed by atoms with Gasteiger partial charge in [-0.15, -0.1) is 10.2 Å². The first-order valence-electron chi connectivity index (χ1n) is 10.2. The minimum Gasteiger partial charge on any atom is -0.308 e. The molecule has 4 N–H and O–H groups in total. The number of urea groups is 1. The van der Waals surface area contributed by atoms with Crippen molar-refractivity contribution in [1.29, 1.82) is 0 Å². The molecule has 10 nitrogen and oxygen atoms in total. The van der Waals surface area contributed by atoms with Gasteiger partial charge in [-0.2, -0.15) is 18.4 Å². The van der Waals surface area contributed by atoms with Crippen molar-refractivity contribution in [2.24, 2.45) is 0 Å². The average molecular weight is 517 g/mol. The number of carbonyl (C=O) groups excluding carboxylic acids is 1. The molecule has 0 aliphatic heterocycles. The Morgan fingerprint density at radius 3 is 2.22 bits per heavy atom. The van der Waals surface area contributed by atoms with Gasteiger partial charge >= 0.3 is 12.2 Å². The minimum absolute atomic E-state index is 0.0757. The molecule has 1 aromatic heterocycles. The van der Waals surface area contributed by atoms with Gasteiger partial charge in [0.05, 0.1) is 10.5 Å². The topological polar surface area (TPSA) is 142 Å². The highest BCUT2D eigenvalue weighted by atomic mass is 32.2. The van der Waals surface area contributed by atoms with Gasteiger partial charge in [0.25, 0.3) is 10.0 Å². The van der Waals surface area contributed by atoms with E-state index in [1.165, 1.54) is 36.4 Å². The lowest BCUT2D eigenvalue weighted by Gasteiger charge is -2.14. The lowest BCUT2D eigenvalue weighted by molar-refractivity contribution is -0.137. The van der Waals surface area contributed by atoms with Gasteiger partial charge in [-0.3, -0.25) is 4.72 Å². The highest BCUT2D eigenvalue weighted by molar-refractivity contribution is 7.92. The maximum absolute atomic E-state index is 13.0.